The maximum Gasteiger partial charge on any atom is 0.262 e. The zero-order valence-corrected chi connectivity index (χ0v) is 16.8. The predicted octanol–water partition coefficient (Wildman–Crippen LogP) is 5.78. The monoisotopic (exact) mass is 406 g/mol. The van der Waals surface area contributed by atoms with Crippen molar-refractivity contribution in [3.63, 3.8) is 0 Å². The lowest BCUT2D eigenvalue weighted by molar-refractivity contribution is -0.118. The number of rotatable bonds is 5. The van der Waals surface area contributed by atoms with Gasteiger partial charge in [0.25, 0.3) is 5.91 Å². The maximum absolute atomic E-state index is 12.5. The van der Waals surface area contributed by atoms with E-state index in [1.54, 1.807) is 24.3 Å². The zero-order valence-electron chi connectivity index (χ0n) is 16.0. The Hall–Kier alpha value is -3.31. The first-order valence-electron chi connectivity index (χ1n) is 9.14. The Labute approximate surface area is 173 Å². The van der Waals surface area contributed by atoms with Crippen LogP contribution < -0.4 is 10.1 Å². The second-order valence-electron chi connectivity index (χ2n) is 6.84. The molecule has 29 heavy (non-hydrogen) atoms. The molecule has 1 aromatic heterocycles. The first-order chi connectivity index (χ1) is 14.0. The second kappa shape index (κ2) is 7.97. The number of aromatic nitrogens is 1. The van der Waals surface area contributed by atoms with Crippen LogP contribution in [0.25, 0.3) is 22.6 Å². The third-order valence-corrected chi connectivity index (χ3v) is 4.58. The predicted molar refractivity (Wildman–Crippen MR) is 114 cm³/mol. The van der Waals surface area contributed by atoms with Crippen molar-refractivity contribution in [3.8, 4) is 17.2 Å². The fourth-order valence-corrected chi connectivity index (χ4v) is 3.31. The van der Waals surface area contributed by atoms with Gasteiger partial charge >= 0.3 is 0 Å². The normalized spacial score (nSPS) is 10.9. The summed E-state index contributed by atoms with van der Waals surface area (Å²) in [6.45, 7) is 3.88. The molecule has 1 N–H and O–H groups in total. The number of aryl methyl sites for hydroxylation is 2. The highest BCUT2D eigenvalue weighted by Crippen LogP contribution is 2.31. The Kier molecular flexibility index (Phi) is 5.23. The summed E-state index contributed by atoms with van der Waals surface area (Å²) in [6, 6.07) is 18.4. The van der Waals surface area contributed by atoms with Crippen LogP contribution >= 0.6 is 11.6 Å². The van der Waals surface area contributed by atoms with Crippen molar-refractivity contribution in [1.29, 1.82) is 0 Å². The van der Waals surface area contributed by atoms with E-state index in [4.69, 9.17) is 20.8 Å². The summed E-state index contributed by atoms with van der Waals surface area (Å²) in [6.07, 6.45) is 0. The molecule has 1 amide bonds. The average Bonchev–Trinajstić information content (AvgIpc) is 3.09. The number of fused-ring (bicyclic) bond motifs is 1. The van der Waals surface area contributed by atoms with Gasteiger partial charge in [0, 0.05) is 5.02 Å². The van der Waals surface area contributed by atoms with Crippen LogP contribution in [0.4, 0.5) is 5.69 Å². The Morgan fingerprint density at radius 1 is 1.07 bits per heavy atom. The molecule has 0 aliphatic rings. The van der Waals surface area contributed by atoms with Crippen LogP contribution in [-0.4, -0.2) is 17.5 Å². The van der Waals surface area contributed by atoms with Crippen LogP contribution in [0.1, 0.15) is 11.1 Å². The molecule has 6 heteroatoms. The minimum absolute atomic E-state index is 0.0968. The zero-order chi connectivity index (χ0) is 20.4. The van der Waals surface area contributed by atoms with Crippen molar-refractivity contribution in [2.24, 2.45) is 0 Å². The van der Waals surface area contributed by atoms with Gasteiger partial charge in [0.05, 0.1) is 11.3 Å². The Morgan fingerprint density at radius 3 is 2.62 bits per heavy atom. The fraction of sp³-hybridized carbons (Fsp3) is 0.130. The van der Waals surface area contributed by atoms with E-state index in [1.807, 2.05) is 44.2 Å². The van der Waals surface area contributed by atoms with Gasteiger partial charge in [-0.05, 0) is 67.4 Å². The van der Waals surface area contributed by atoms with E-state index in [2.05, 4.69) is 16.4 Å². The van der Waals surface area contributed by atoms with Gasteiger partial charge in [-0.25, -0.2) is 4.98 Å². The molecule has 1 heterocycles. The summed E-state index contributed by atoms with van der Waals surface area (Å²) < 4.78 is 11.5. The molecule has 0 saturated carbocycles. The largest absolute Gasteiger partial charge is 0.484 e. The van der Waals surface area contributed by atoms with Crippen molar-refractivity contribution in [3.05, 3.63) is 76.8 Å². The molecule has 0 atom stereocenters. The van der Waals surface area contributed by atoms with Gasteiger partial charge in [0.1, 0.15) is 11.3 Å². The van der Waals surface area contributed by atoms with E-state index < -0.39 is 0 Å². The molecular weight excluding hydrogens is 388 g/mol. The van der Waals surface area contributed by atoms with Crippen molar-refractivity contribution in [2.45, 2.75) is 13.8 Å². The van der Waals surface area contributed by atoms with Gasteiger partial charge in [0.15, 0.2) is 12.2 Å². The van der Waals surface area contributed by atoms with Crippen LogP contribution in [-0.2, 0) is 4.79 Å². The Morgan fingerprint density at radius 2 is 1.83 bits per heavy atom. The first-order valence-corrected chi connectivity index (χ1v) is 9.52. The minimum Gasteiger partial charge on any atom is -0.484 e. The SMILES string of the molecule is Cc1cc(C)cc(OCC(=O)Nc2ccccc2-c2nc3cc(Cl)ccc3o2)c1. The number of anilines is 1. The number of halogens is 1. The number of benzene rings is 3. The molecule has 0 aliphatic carbocycles. The van der Waals surface area contributed by atoms with Crippen LogP contribution in [0.5, 0.6) is 5.75 Å². The lowest BCUT2D eigenvalue weighted by Gasteiger charge is -2.11. The Bertz CT molecular complexity index is 1180. The quantitative estimate of drug-likeness (QED) is 0.456. The Balaban J connectivity index is 1.52. The van der Waals surface area contributed by atoms with Crippen molar-refractivity contribution in [1.82, 2.24) is 4.98 Å². The fourth-order valence-electron chi connectivity index (χ4n) is 3.15. The molecule has 0 radical (unpaired) electrons. The number of carbonyl (C=O) groups excluding carboxylic acids is 1. The third-order valence-electron chi connectivity index (χ3n) is 4.35. The van der Waals surface area contributed by atoms with E-state index in [-0.39, 0.29) is 12.5 Å². The minimum atomic E-state index is -0.268. The molecule has 4 rings (SSSR count). The van der Waals surface area contributed by atoms with Crippen molar-refractivity contribution in [2.75, 3.05) is 11.9 Å². The van der Waals surface area contributed by atoms with Gasteiger partial charge in [-0.2, -0.15) is 0 Å². The number of hydrogen-bond donors (Lipinski definition) is 1. The van der Waals surface area contributed by atoms with Crippen LogP contribution in [0, 0.1) is 13.8 Å². The van der Waals surface area contributed by atoms with Crippen LogP contribution in [0.15, 0.2) is 65.1 Å². The van der Waals surface area contributed by atoms with Crippen molar-refractivity contribution < 1.29 is 13.9 Å². The highest BCUT2D eigenvalue weighted by atomic mass is 35.5. The summed E-state index contributed by atoms with van der Waals surface area (Å²) in [5.41, 5.74) is 4.73. The van der Waals surface area contributed by atoms with Gasteiger partial charge in [-0.1, -0.05) is 29.8 Å². The van der Waals surface area contributed by atoms with Crippen LogP contribution in [0.3, 0.4) is 0 Å². The smallest absolute Gasteiger partial charge is 0.262 e. The standard InChI is InChI=1S/C23H19ClN2O3/c1-14-9-15(2)11-17(10-14)28-13-22(27)25-19-6-4-3-5-18(19)23-26-20-12-16(24)7-8-21(20)29-23/h3-12H,13H2,1-2H3,(H,25,27). The molecule has 0 fully saturated rings. The van der Waals surface area contributed by atoms with Gasteiger partial charge < -0.3 is 14.5 Å². The summed E-state index contributed by atoms with van der Waals surface area (Å²) in [7, 11) is 0. The number of nitrogens with zero attached hydrogens (tertiary/aromatic N) is 1. The highest BCUT2D eigenvalue weighted by Gasteiger charge is 2.14. The number of nitrogens with one attached hydrogen (secondary N) is 1. The number of para-hydroxylation sites is 1. The average molecular weight is 407 g/mol. The van der Waals surface area contributed by atoms with Gasteiger partial charge in [-0.3, -0.25) is 4.79 Å². The number of hydrogen-bond acceptors (Lipinski definition) is 4. The second-order valence-corrected chi connectivity index (χ2v) is 7.27. The summed E-state index contributed by atoms with van der Waals surface area (Å²) in [4.78, 5) is 16.9. The molecule has 146 valence electrons. The molecule has 0 aliphatic heterocycles. The molecule has 0 spiro atoms. The molecule has 5 nitrogen and oxygen atoms in total. The third kappa shape index (κ3) is 4.41. The molecule has 3 aromatic carbocycles. The van der Waals surface area contributed by atoms with E-state index in [1.165, 1.54) is 0 Å². The van der Waals surface area contributed by atoms with E-state index in [0.717, 1.165) is 11.1 Å². The summed E-state index contributed by atoms with van der Waals surface area (Å²) in [5.74, 6) is 0.811. The van der Waals surface area contributed by atoms with E-state index in [0.29, 0.717) is 39.0 Å². The van der Waals surface area contributed by atoms with Gasteiger partial charge in [-0.15, -0.1) is 0 Å². The topological polar surface area (TPSA) is 64.4 Å². The molecule has 0 saturated heterocycles. The first kappa shape index (κ1) is 19.0. The number of ether oxygens (including phenoxy) is 1. The lowest BCUT2D eigenvalue weighted by atomic mass is 10.1. The molecular formula is C23H19ClN2O3. The maximum atomic E-state index is 12.5. The molecule has 4 aromatic rings. The van der Waals surface area contributed by atoms with Gasteiger partial charge in [0.2, 0.25) is 5.89 Å². The van der Waals surface area contributed by atoms with E-state index in [9.17, 15) is 4.79 Å². The summed E-state index contributed by atoms with van der Waals surface area (Å²) in [5, 5.41) is 3.46. The van der Waals surface area contributed by atoms with Crippen LogP contribution in [0.2, 0.25) is 5.02 Å². The molecule has 0 unspecified atom stereocenters. The number of oxazole rings is 1. The highest BCUT2D eigenvalue weighted by molar-refractivity contribution is 6.31. The lowest BCUT2D eigenvalue weighted by Crippen LogP contribution is -2.20. The number of carbonyl (C=O) groups is 1. The molecule has 0 bridgehead atoms. The van der Waals surface area contributed by atoms with Crippen molar-refractivity contribution >= 4 is 34.3 Å². The number of amides is 1. The van der Waals surface area contributed by atoms with E-state index >= 15 is 0 Å². The summed E-state index contributed by atoms with van der Waals surface area (Å²) >= 11 is 6.03.